The number of hydrogen-bond donors (Lipinski definition) is 1. The van der Waals surface area contributed by atoms with Gasteiger partial charge < -0.3 is 15.2 Å². The van der Waals surface area contributed by atoms with Gasteiger partial charge in [0.1, 0.15) is 0 Å². The van der Waals surface area contributed by atoms with Crippen molar-refractivity contribution in [2.75, 3.05) is 20.3 Å². The normalized spacial score (nSPS) is 25.4. The Morgan fingerprint density at radius 3 is 2.94 bits per heavy atom. The number of benzene rings is 1. The van der Waals surface area contributed by atoms with Crippen LogP contribution in [-0.2, 0) is 10.3 Å². The van der Waals surface area contributed by atoms with E-state index in [0.717, 1.165) is 12.8 Å². The summed E-state index contributed by atoms with van der Waals surface area (Å²) in [5, 5.41) is 0. The molecular weight excluding hydrogens is 221 g/mol. The second kappa shape index (κ2) is 5.02. The Bertz CT molecular complexity index is 387. The molecule has 4 heteroatoms. The van der Waals surface area contributed by atoms with Gasteiger partial charge >= 0.3 is 0 Å². The van der Waals surface area contributed by atoms with Gasteiger partial charge in [-0.05, 0) is 25.3 Å². The summed E-state index contributed by atoms with van der Waals surface area (Å²) < 4.78 is 24.6. The molecule has 1 heterocycles. The van der Waals surface area contributed by atoms with Crippen molar-refractivity contribution in [1.82, 2.24) is 0 Å². The smallest absolute Gasteiger partial charge is 0.170 e. The molecule has 0 radical (unpaired) electrons. The minimum Gasteiger partial charge on any atom is -0.494 e. The number of hydrogen-bond acceptors (Lipinski definition) is 3. The van der Waals surface area contributed by atoms with Gasteiger partial charge in [0.15, 0.2) is 11.6 Å². The van der Waals surface area contributed by atoms with E-state index >= 15 is 0 Å². The third kappa shape index (κ3) is 2.42. The summed E-state index contributed by atoms with van der Waals surface area (Å²) >= 11 is 0. The number of nitrogens with two attached hydrogens (primary N) is 1. The Labute approximate surface area is 101 Å². The minimum absolute atomic E-state index is 0.248. The van der Waals surface area contributed by atoms with Crippen LogP contribution in [0.4, 0.5) is 4.39 Å². The third-order valence-electron chi connectivity index (χ3n) is 3.32. The highest BCUT2D eigenvalue weighted by atomic mass is 19.1. The third-order valence-corrected chi connectivity index (χ3v) is 3.32. The number of ether oxygens (including phenoxy) is 2. The quantitative estimate of drug-likeness (QED) is 0.860. The second-order valence-electron chi connectivity index (χ2n) is 4.44. The Balaban J connectivity index is 2.37. The lowest BCUT2D eigenvalue weighted by atomic mass is 9.84. The van der Waals surface area contributed by atoms with Crippen molar-refractivity contribution < 1.29 is 13.9 Å². The van der Waals surface area contributed by atoms with Crippen molar-refractivity contribution >= 4 is 0 Å². The van der Waals surface area contributed by atoms with E-state index in [1.165, 1.54) is 7.11 Å². The van der Waals surface area contributed by atoms with Gasteiger partial charge in [-0.3, -0.25) is 0 Å². The molecule has 1 fully saturated rings. The van der Waals surface area contributed by atoms with Crippen LogP contribution in [0, 0.1) is 5.82 Å². The Morgan fingerprint density at radius 2 is 2.18 bits per heavy atom. The minimum atomic E-state index is -0.644. The first kappa shape index (κ1) is 12.3. The SMILES string of the molecule is COc1cccc(C2(N)CCCOCC2)c1F. The standard InChI is InChI=1S/C13H18FNO2/c1-16-11-5-2-4-10(12(11)14)13(15)6-3-8-17-9-7-13/h2,4-5H,3,6-9,15H2,1H3. The largest absolute Gasteiger partial charge is 0.494 e. The van der Waals surface area contributed by atoms with Gasteiger partial charge in [-0.1, -0.05) is 12.1 Å². The highest BCUT2D eigenvalue weighted by Gasteiger charge is 2.32. The van der Waals surface area contributed by atoms with Crippen LogP contribution < -0.4 is 10.5 Å². The average molecular weight is 239 g/mol. The zero-order valence-electron chi connectivity index (χ0n) is 10.0. The molecule has 1 saturated heterocycles. The molecule has 0 aliphatic carbocycles. The molecule has 1 atom stereocenters. The number of halogens is 1. The molecule has 0 bridgehead atoms. The van der Waals surface area contributed by atoms with Gasteiger partial charge in [0.05, 0.1) is 7.11 Å². The summed E-state index contributed by atoms with van der Waals surface area (Å²) in [7, 11) is 1.46. The lowest BCUT2D eigenvalue weighted by Crippen LogP contribution is -2.37. The fraction of sp³-hybridized carbons (Fsp3) is 0.538. The summed E-state index contributed by atoms with van der Waals surface area (Å²) in [5.74, 6) is -0.100. The molecule has 94 valence electrons. The zero-order chi connectivity index (χ0) is 12.3. The molecule has 2 N–H and O–H groups in total. The molecule has 2 rings (SSSR count). The molecule has 17 heavy (non-hydrogen) atoms. The summed E-state index contributed by atoms with van der Waals surface area (Å²) in [5.41, 5.74) is 6.22. The van der Waals surface area contributed by atoms with Crippen molar-refractivity contribution in [3.05, 3.63) is 29.6 Å². The molecule has 1 aromatic rings. The van der Waals surface area contributed by atoms with E-state index in [1.807, 2.05) is 0 Å². The van der Waals surface area contributed by atoms with Gasteiger partial charge in [-0.15, -0.1) is 0 Å². The van der Waals surface area contributed by atoms with E-state index in [1.54, 1.807) is 18.2 Å². The predicted molar refractivity (Wildman–Crippen MR) is 63.5 cm³/mol. The van der Waals surface area contributed by atoms with Crippen LogP contribution in [-0.4, -0.2) is 20.3 Å². The number of methoxy groups -OCH3 is 1. The molecule has 1 aromatic carbocycles. The number of rotatable bonds is 2. The molecular formula is C13H18FNO2. The van der Waals surface area contributed by atoms with Crippen LogP contribution in [0.2, 0.25) is 0 Å². The molecule has 3 nitrogen and oxygen atoms in total. The second-order valence-corrected chi connectivity index (χ2v) is 4.44. The van der Waals surface area contributed by atoms with Crippen molar-refractivity contribution in [1.29, 1.82) is 0 Å². The van der Waals surface area contributed by atoms with E-state index in [9.17, 15) is 4.39 Å². The lowest BCUT2D eigenvalue weighted by Gasteiger charge is -2.28. The van der Waals surface area contributed by atoms with Crippen LogP contribution in [0.15, 0.2) is 18.2 Å². The van der Waals surface area contributed by atoms with Gasteiger partial charge in [0, 0.05) is 24.3 Å². The molecule has 1 aliphatic heterocycles. The van der Waals surface area contributed by atoms with E-state index in [-0.39, 0.29) is 11.6 Å². The first-order valence-corrected chi connectivity index (χ1v) is 5.87. The van der Waals surface area contributed by atoms with Crippen LogP contribution in [0.25, 0.3) is 0 Å². The fourth-order valence-electron chi connectivity index (χ4n) is 2.29. The van der Waals surface area contributed by atoms with Crippen LogP contribution >= 0.6 is 0 Å². The molecule has 0 aromatic heterocycles. The molecule has 0 amide bonds. The van der Waals surface area contributed by atoms with E-state index in [0.29, 0.717) is 25.2 Å². The first-order valence-electron chi connectivity index (χ1n) is 5.87. The van der Waals surface area contributed by atoms with Crippen molar-refractivity contribution in [3.8, 4) is 5.75 Å². The lowest BCUT2D eigenvalue weighted by molar-refractivity contribution is 0.139. The molecule has 1 aliphatic rings. The van der Waals surface area contributed by atoms with Gasteiger partial charge in [-0.25, -0.2) is 4.39 Å². The Morgan fingerprint density at radius 1 is 1.35 bits per heavy atom. The molecule has 0 spiro atoms. The summed E-state index contributed by atoms with van der Waals surface area (Å²) in [6.45, 7) is 1.28. The van der Waals surface area contributed by atoms with Gasteiger partial charge in [0.25, 0.3) is 0 Å². The maximum absolute atomic E-state index is 14.2. The van der Waals surface area contributed by atoms with E-state index < -0.39 is 5.54 Å². The molecule has 0 saturated carbocycles. The zero-order valence-corrected chi connectivity index (χ0v) is 10.0. The summed E-state index contributed by atoms with van der Waals surface area (Å²) in [4.78, 5) is 0. The maximum Gasteiger partial charge on any atom is 0.170 e. The Hall–Kier alpha value is -1.13. The van der Waals surface area contributed by atoms with E-state index in [4.69, 9.17) is 15.2 Å². The van der Waals surface area contributed by atoms with Crippen molar-refractivity contribution in [2.45, 2.75) is 24.8 Å². The topological polar surface area (TPSA) is 44.5 Å². The first-order chi connectivity index (χ1) is 8.17. The maximum atomic E-state index is 14.2. The average Bonchev–Trinajstić information content (AvgIpc) is 2.55. The van der Waals surface area contributed by atoms with Gasteiger partial charge in [-0.2, -0.15) is 0 Å². The van der Waals surface area contributed by atoms with Crippen LogP contribution in [0.3, 0.4) is 0 Å². The highest BCUT2D eigenvalue weighted by molar-refractivity contribution is 5.35. The van der Waals surface area contributed by atoms with Crippen LogP contribution in [0.5, 0.6) is 5.75 Å². The summed E-state index contributed by atoms with van der Waals surface area (Å²) in [6, 6.07) is 5.12. The summed E-state index contributed by atoms with van der Waals surface area (Å²) in [6.07, 6.45) is 2.22. The van der Waals surface area contributed by atoms with Crippen molar-refractivity contribution in [3.63, 3.8) is 0 Å². The monoisotopic (exact) mass is 239 g/mol. The van der Waals surface area contributed by atoms with Crippen molar-refractivity contribution in [2.24, 2.45) is 5.73 Å². The van der Waals surface area contributed by atoms with Gasteiger partial charge in [0.2, 0.25) is 0 Å². The predicted octanol–water partition coefficient (Wildman–Crippen LogP) is 2.19. The van der Waals surface area contributed by atoms with Crippen LogP contribution in [0.1, 0.15) is 24.8 Å². The fourth-order valence-corrected chi connectivity index (χ4v) is 2.29. The Kier molecular flexibility index (Phi) is 3.64. The van der Waals surface area contributed by atoms with E-state index in [2.05, 4.69) is 0 Å². The highest BCUT2D eigenvalue weighted by Crippen LogP contribution is 2.34. The molecule has 1 unspecified atom stereocenters.